The van der Waals surface area contributed by atoms with Crippen molar-refractivity contribution in [3.8, 4) is 0 Å². The summed E-state index contributed by atoms with van der Waals surface area (Å²) in [7, 11) is 1.73. The fraction of sp³-hybridized carbons (Fsp3) is 0.222. The third-order valence-electron chi connectivity index (χ3n) is 1.53. The molecule has 0 saturated carbocycles. The molecule has 0 saturated heterocycles. The summed E-state index contributed by atoms with van der Waals surface area (Å²) in [6.45, 7) is 3.69. The first-order valence-electron chi connectivity index (χ1n) is 3.92. The third kappa shape index (κ3) is 2.11. The van der Waals surface area contributed by atoms with E-state index in [9.17, 15) is 4.79 Å². The topological polar surface area (TPSA) is 43.3 Å². The van der Waals surface area contributed by atoms with Crippen molar-refractivity contribution in [1.82, 2.24) is 4.68 Å². The summed E-state index contributed by atoms with van der Waals surface area (Å²) < 4.78 is 6.45. The second-order valence-corrected chi connectivity index (χ2v) is 2.37. The number of esters is 1. The normalized spacial score (nSPS) is 9.31. The van der Waals surface area contributed by atoms with Crippen LogP contribution in [0.15, 0.2) is 31.0 Å². The van der Waals surface area contributed by atoms with Crippen LogP contribution in [-0.2, 0) is 4.74 Å². The molecule has 1 heterocycles. The van der Waals surface area contributed by atoms with Gasteiger partial charge in [0, 0.05) is 13.2 Å². The van der Waals surface area contributed by atoms with Crippen LogP contribution in [0.1, 0.15) is 10.5 Å². The molecule has 1 aromatic heterocycles. The number of ether oxygens (including phenoxy) is 1. The van der Waals surface area contributed by atoms with Gasteiger partial charge in [0.15, 0.2) is 0 Å². The maximum Gasteiger partial charge on any atom is 0.357 e. The van der Waals surface area contributed by atoms with Crippen molar-refractivity contribution in [2.24, 2.45) is 0 Å². The lowest BCUT2D eigenvalue weighted by atomic mass is 10.4. The second kappa shape index (κ2) is 4.35. The largest absolute Gasteiger partial charge is 0.457 e. The van der Waals surface area contributed by atoms with Gasteiger partial charge in [0.2, 0.25) is 0 Å². The SMILES string of the molecule is C=CCOC(=O)c1cccn1NC. The number of carbonyl (C=O) groups is 1. The molecule has 0 fully saturated rings. The predicted octanol–water partition coefficient (Wildman–Crippen LogP) is 1.00. The van der Waals surface area contributed by atoms with Gasteiger partial charge in [-0.1, -0.05) is 12.7 Å². The summed E-state index contributed by atoms with van der Waals surface area (Å²) in [4.78, 5) is 11.3. The first-order valence-corrected chi connectivity index (χ1v) is 3.92. The third-order valence-corrected chi connectivity index (χ3v) is 1.53. The molecule has 13 heavy (non-hydrogen) atoms. The number of nitrogens with one attached hydrogen (secondary N) is 1. The van der Waals surface area contributed by atoms with Crippen molar-refractivity contribution in [1.29, 1.82) is 0 Å². The van der Waals surface area contributed by atoms with E-state index in [-0.39, 0.29) is 12.6 Å². The first kappa shape index (κ1) is 9.38. The summed E-state index contributed by atoms with van der Waals surface area (Å²) in [5.74, 6) is -0.362. The number of aromatic nitrogens is 1. The fourth-order valence-corrected chi connectivity index (χ4v) is 0.951. The lowest BCUT2D eigenvalue weighted by Gasteiger charge is -2.06. The Morgan fingerprint density at radius 1 is 1.85 bits per heavy atom. The van der Waals surface area contributed by atoms with Crippen molar-refractivity contribution in [3.05, 3.63) is 36.7 Å². The van der Waals surface area contributed by atoms with Crippen molar-refractivity contribution >= 4 is 5.97 Å². The summed E-state index contributed by atoms with van der Waals surface area (Å²) in [6, 6.07) is 3.45. The Balaban J connectivity index is 2.70. The Morgan fingerprint density at radius 3 is 3.23 bits per heavy atom. The molecule has 4 nitrogen and oxygen atoms in total. The predicted molar refractivity (Wildman–Crippen MR) is 50.2 cm³/mol. The highest BCUT2D eigenvalue weighted by molar-refractivity contribution is 5.87. The molecule has 0 spiro atoms. The minimum atomic E-state index is -0.362. The van der Waals surface area contributed by atoms with Crippen molar-refractivity contribution in [2.75, 3.05) is 19.1 Å². The molecule has 1 rings (SSSR count). The number of hydrogen-bond acceptors (Lipinski definition) is 3. The van der Waals surface area contributed by atoms with E-state index in [1.165, 1.54) is 6.08 Å². The Kier molecular flexibility index (Phi) is 3.14. The van der Waals surface area contributed by atoms with Crippen LogP contribution in [0.4, 0.5) is 0 Å². The molecule has 0 bridgehead atoms. The maximum atomic E-state index is 11.3. The summed E-state index contributed by atoms with van der Waals surface area (Å²) in [5, 5.41) is 0. The Hall–Kier alpha value is -1.71. The van der Waals surface area contributed by atoms with Gasteiger partial charge in [-0.05, 0) is 12.1 Å². The lowest BCUT2D eigenvalue weighted by Crippen LogP contribution is -2.17. The zero-order chi connectivity index (χ0) is 9.68. The van der Waals surface area contributed by atoms with Crippen LogP contribution in [0.25, 0.3) is 0 Å². The Bertz CT molecular complexity index is 304. The van der Waals surface area contributed by atoms with Gasteiger partial charge in [-0.2, -0.15) is 0 Å². The molecule has 4 heteroatoms. The van der Waals surface area contributed by atoms with Gasteiger partial charge < -0.3 is 10.2 Å². The summed E-state index contributed by atoms with van der Waals surface area (Å²) in [5.41, 5.74) is 3.30. The number of hydrogen-bond donors (Lipinski definition) is 1. The monoisotopic (exact) mass is 180 g/mol. The van der Waals surface area contributed by atoms with E-state index in [2.05, 4.69) is 12.0 Å². The molecule has 0 unspecified atom stereocenters. The lowest BCUT2D eigenvalue weighted by molar-refractivity contribution is 0.0539. The molecule has 0 radical (unpaired) electrons. The van der Waals surface area contributed by atoms with Crippen LogP contribution in [0, 0.1) is 0 Å². The van der Waals surface area contributed by atoms with E-state index in [4.69, 9.17) is 4.74 Å². The summed E-state index contributed by atoms with van der Waals surface area (Å²) in [6.07, 6.45) is 3.27. The van der Waals surface area contributed by atoms with E-state index in [1.54, 1.807) is 30.1 Å². The van der Waals surface area contributed by atoms with Gasteiger partial charge in [0.05, 0.1) is 0 Å². The van der Waals surface area contributed by atoms with Gasteiger partial charge in [0.1, 0.15) is 12.3 Å². The number of carbonyl (C=O) groups excluding carboxylic acids is 1. The smallest absolute Gasteiger partial charge is 0.357 e. The molecule has 0 amide bonds. The summed E-state index contributed by atoms with van der Waals surface area (Å²) >= 11 is 0. The zero-order valence-electron chi connectivity index (χ0n) is 7.49. The van der Waals surface area contributed by atoms with Crippen molar-refractivity contribution in [3.63, 3.8) is 0 Å². The quantitative estimate of drug-likeness (QED) is 0.555. The molecule has 70 valence electrons. The van der Waals surface area contributed by atoms with Crippen LogP contribution in [0.5, 0.6) is 0 Å². The Labute approximate surface area is 76.8 Å². The second-order valence-electron chi connectivity index (χ2n) is 2.37. The molecule has 0 aliphatic carbocycles. The molecule has 0 aliphatic rings. The Morgan fingerprint density at radius 2 is 2.62 bits per heavy atom. The molecular weight excluding hydrogens is 168 g/mol. The average Bonchev–Trinajstić information content (AvgIpc) is 2.61. The van der Waals surface area contributed by atoms with Gasteiger partial charge in [-0.25, -0.2) is 4.79 Å². The number of rotatable bonds is 4. The van der Waals surface area contributed by atoms with E-state index < -0.39 is 0 Å². The highest BCUT2D eigenvalue weighted by Gasteiger charge is 2.10. The number of nitrogens with zero attached hydrogens (tertiary/aromatic N) is 1. The standard InChI is InChI=1S/C9H12N2O2/c1-3-7-13-9(12)8-5-4-6-11(8)10-2/h3-6,10H,1,7H2,2H3. The van der Waals surface area contributed by atoms with Gasteiger partial charge in [-0.15, -0.1) is 0 Å². The molecule has 0 aromatic carbocycles. The highest BCUT2D eigenvalue weighted by atomic mass is 16.5. The van der Waals surface area contributed by atoms with Crippen LogP contribution in [-0.4, -0.2) is 24.3 Å². The van der Waals surface area contributed by atoms with E-state index in [1.807, 2.05) is 0 Å². The van der Waals surface area contributed by atoms with Gasteiger partial charge in [0.25, 0.3) is 0 Å². The average molecular weight is 180 g/mol. The minimum absolute atomic E-state index is 0.230. The van der Waals surface area contributed by atoms with Crippen LogP contribution >= 0.6 is 0 Å². The van der Waals surface area contributed by atoms with Crippen LogP contribution < -0.4 is 5.43 Å². The van der Waals surface area contributed by atoms with Gasteiger partial charge in [-0.3, -0.25) is 4.68 Å². The van der Waals surface area contributed by atoms with Crippen LogP contribution in [0.3, 0.4) is 0 Å². The van der Waals surface area contributed by atoms with E-state index >= 15 is 0 Å². The zero-order valence-corrected chi connectivity index (χ0v) is 7.49. The highest BCUT2D eigenvalue weighted by Crippen LogP contribution is 2.01. The molecular formula is C9H12N2O2. The van der Waals surface area contributed by atoms with Gasteiger partial charge >= 0.3 is 5.97 Å². The maximum absolute atomic E-state index is 11.3. The fourth-order valence-electron chi connectivity index (χ4n) is 0.951. The van der Waals surface area contributed by atoms with Crippen molar-refractivity contribution in [2.45, 2.75) is 0 Å². The van der Waals surface area contributed by atoms with E-state index in [0.29, 0.717) is 5.69 Å². The molecule has 0 aliphatic heterocycles. The molecule has 1 aromatic rings. The minimum Gasteiger partial charge on any atom is -0.457 e. The first-order chi connectivity index (χ1) is 6.29. The van der Waals surface area contributed by atoms with Crippen molar-refractivity contribution < 1.29 is 9.53 Å². The van der Waals surface area contributed by atoms with Crippen LogP contribution in [0.2, 0.25) is 0 Å². The molecule has 1 N–H and O–H groups in total. The molecule has 0 atom stereocenters. The van der Waals surface area contributed by atoms with E-state index in [0.717, 1.165) is 0 Å².